The predicted octanol–water partition coefficient (Wildman–Crippen LogP) is 4.33. The van der Waals surface area contributed by atoms with E-state index in [0.717, 1.165) is 24.3 Å². The highest BCUT2D eigenvalue weighted by Gasteiger charge is 2.28. The van der Waals surface area contributed by atoms with E-state index in [1.54, 1.807) is 29.1 Å². The Balaban J connectivity index is 1.44. The number of pyridine rings is 1. The molecule has 3 aromatic rings. The normalized spacial score (nSPS) is 14.7. The highest BCUT2D eigenvalue weighted by Crippen LogP contribution is 2.28. The third-order valence-corrected chi connectivity index (χ3v) is 5.94. The maximum atomic E-state index is 13.1. The van der Waals surface area contributed by atoms with E-state index < -0.39 is 4.92 Å². The Morgan fingerprint density at radius 2 is 2.00 bits per heavy atom. The van der Waals surface area contributed by atoms with E-state index in [1.807, 2.05) is 17.0 Å². The van der Waals surface area contributed by atoms with Gasteiger partial charge in [0.15, 0.2) is 5.82 Å². The SMILES string of the molecule is CC(C)Nc1cccnc1N(C)C1CCN(C(=O)n2ccc3cc([N+](=O)[O-])ccc32)CC1. The largest absolute Gasteiger partial charge is 0.380 e. The number of hydrogen-bond acceptors (Lipinski definition) is 6. The summed E-state index contributed by atoms with van der Waals surface area (Å²) < 4.78 is 1.58. The smallest absolute Gasteiger partial charge is 0.328 e. The fourth-order valence-corrected chi connectivity index (χ4v) is 4.28. The molecular formula is C23H28N6O3. The molecule has 1 amide bonds. The van der Waals surface area contributed by atoms with E-state index >= 15 is 0 Å². The molecule has 168 valence electrons. The van der Waals surface area contributed by atoms with Gasteiger partial charge in [0.2, 0.25) is 0 Å². The third kappa shape index (κ3) is 4.23. The van der Waals surface area contributed by atoms with Crippen LogP contribution in [0.2, 0.25) is 0 Å². The third-order valence-electron chi connectivity index (χ3n) is 5.94. The van der Waals surface area contributed by atoms with Crippen LogP contribution in [0, 0.1) is 10.1 Å². The van der Waals surface area contributed by atoms with Gasteiger partial charge in [-0.2, -0.15) is 0 Å². The number of nitrogens with one attached hydrogen (secondary N) is 1. The highest BCUT2D eigenvalue weighted by atomic mass is 16.6. The van der Waals surface area contributed by atoms with Crippen LogP contribution in [-0.4, -0.2) is 57.6 Å². The Hall–Kier alpha value is -3.62. The zero-order valence-corrected chi connectivity index (χ0v) is 18.6. The van der Waals surface area contributed by atoms with Crippen LogP contribution in [-0.2, 0) is 0 Å². The number of carbonyl (C=O) groups excluding carboxylic acids is 1. The van der Waals surface area contributed by atoms with Crippen molar-refractivity contribution in [2.45, 2.75) is 38.8 Å². The average molecular weight is 437 g/mol. The molecule has 0 unspecified atom stereocenters. The number of amides is 1. The fourth-order valence-electron chi connectivity index (χ4n) is 4.28. The molecule has 9 heteroatoms. The molecule has 1 fully saturated rings. The number of benzene rings is 1. The molecule has 0 bridgehead atoms. The Morgan fingerprint density at radius 3 is 2.69 bits per heavy atom. The van der Waals surface area contributed by atoms with Gasteiger partial charge in [0.05, 0.1) is 16.1 Å². The van der Waals surface area contributed by atoms with Crippen molar-refractivity contribution in [1.82, 2.24) is 14.5 Å². The quantitative estimate of drug-likeness (QED) is 0.472. The monoisotopic (exact) mass is 436 g/mol. The van der Waals surface area contributed by atoms with Crippen molar-refractivity contribution >= 4 is 34.1 Å². The molecule has 0 saturated carbocycles. The van der Waals surface area contributed by atoms with Crippen molar-refractivity contribution in [3.8, 4) is 0 Å². The van der Waals surface area contributed by atoms with Crippen LogP contribution < -0.4 is 10.2 Å². The van der Waals surface area contributed by atoms with Crippen LogP contribution in [0.15, 0.2) is 48.8 Å². The summed E-state index contributed by atoms with van der Waals surface area (Å²) in [5, 5.41) is 15.1. The molecule has 2 aromatic heterocycles. The molecule has 1 aliphatic heterocycles. The lowest BCUT2D eigenvalue weighted by Gasteiger charge is -2.38. The number of likely N-dealkylation sites (tertiary alicyclic amines) is 1. The number of nitro benzene ring substituents is 1. The summed E-state index contributed by atoms with van der Waals surface area (Å²) >= 11 is 0. The number of non-ortho nitro benzene ring substituents is 1. The van der Waals surface area contributed by atoms with E-state index in [-0.39, 0.29) is 17.8 Å². The van der Waals surface area contributed by atoms with Crippen LogP contribution in [0.3, 0.4) is 0 Å². The molecule has 0 atom stereocenters. The van der Waals surface area contributed by atoms with E-state index in [4.69, 9.17) is 0 Å². The number of nitrogens with zero attached hydrogens (tertiary/aromatic N) is 5. The Morgan fingerprint density at radius 1 is 1.25 bits per heavy atom. The first-order valence-corrected chi connectivity index (χ1v) is 10.8. The molecule has 0 aliphatic carbocycles. The Bertz CT molecular complexity index is 1130. The molecule has 1 aliphatic rings. The first-order valence-electron chi connectivity index (χ1n) is 10.8. The Labute approximate surface area is 186 Å². The van der Waals surface area contributed by atoms with Crippen molar-refractivity contribution < 1.29 is 9.72 Å². The maximum absolute atomic E-state index is 13.1. The van der Waals surface area contributed by atoms with Gasteiger partial charge in [0.1, 0.15) is 0 Å². The summed E-state index contributed by atoms with van der Waals surface area (Å²) in [6, 6.07) is 10.8. The molecular weight excluding hydrogens is 408 g/mol. The lowest BCUT2D eigenvalue weighted by atomic mass is 10.0. The molecule has 3 heterocycles. The van der Waals surface area contributed by atoms with E-state index in [9.17, 15) is 14.9 Å². The van der Waals surface area contributed by atoms with Gasteiger partial charge in [0.25, 0.3) is 5.69 Å². The fraction of sp³-hybridized carbons (Fsp3) is 0.391. The summed E-state index contributed by atoms with van der Waals surface area (Å²) in [6.07, 6.45) is 5.17. The first kappa shape index (κ1) is 21.6. The molecule has 0 spiro atoms. The van der Waals surface area contributed by atoms with Gasteiger partial charge in [-0.05, 0) is 51.0 Å². The summed E-state index contributed by atoms with van der Waals surface area (Å²) in [5.74, 6) is 0.920. The van der Waals surface area contributed by atoms with Crippen LogP contribution in [0.4, 0.5) is 22.0 Å². The minimum atomic E-state index is -0.427. The summed E-state index contributed by atoms with van der Waals surface area (Å²) in [7, 11) is 2.06. The average Bonchev–Trinajstić information content (AvgIpc) is 3.21. The number of anilines is 2. The van der Waals surface area contributed by atoms with Crippen molar-refractivity contribution in [1.29, 1.82) is 0 Å². The van der Waals surface area contributed by atoms with Crippen molar-refractivity contribution in [3.63, 3.8) is 0 Å². The van der Waals surface area contributed by atoms with Gasteiger partial charge < -0.3 is 15.1 Å². The van der Waals surface area contributed by atoms with Gasteiger partial charge in [0, 0.05) is 62.1 Å². The summed E-state index contributed by atoms with van der Waals surface area (Å²) in [6.45, 7) is 5.48. The molecule has 1 N–H and O–H groups in total. The summed E-state index contributed by atoms with van der Waals surface area (Å²) in [4.78, 5) is 32.3. The maximum Gasteiger partial charge on any atom is 0.328 e. The number of aromatic nitrogens is 2. The molecule has 1 aromatic carbocycles. The van der Waals surface area contributed by atoms with Crippen molar-refractivity contribution in [3.05, 3.63) is 58.9 Å². The topological polar surface area (TPSA) is 96.5 Å². The van der Waals surface area contributed by atoms with E-state index in [2.05, 4.69) is 36.1 Å². The number of nitro groups is 1. The highest BCUT2D eigenvalue weighted by molar-refractivity contribution is 5.92. The molecule has 4 rings (SSSR count). The van der Waals surface area contributed by atoms with Crippen LogP contribution in [0.25, 0.3) is 10.9 Å². The van der Waals surface area contributed by atoms with Crippen molar-refractivity contribution in [2.75, 3.05) is 30.4 Å². The Kier molecular flexibility index (Phi) is 5.98. The second kappa shape index (κ2) is 8.86. The number of piperidine rings is 1. The van der Waals surface area contributed by atoms with Crippen LogP contribution in [0.1, 0.15) is 26.7 Å². The van der Waals surface area contributed by atoms with Crippen LogP contribution in [0.5, 0.6) is 0 Å². The van der Waals surface area contributed by atoms with E-state index in [0.29, 0.717) is 30.0 Å². The number of fused-ring (bicyclic) bond motifs is 1. The van der Waals surface area contributed by atoms with Gasteiger partial charge in [-0.25, -0.2) is 9.78 Å². The van der Waals surface area contributed by atoms with Gasteiger partial charge >= 0.3 is 6.03 Å². The zero-order valence-electron chi connectivity index (χ0n) is 18.6. The lowest BCUT2D eigenvalue weighted by molar-refractivity contribution is -0.384. The number of rotatable bonds is 5. The van der Waals surface area contributed by atoms with Gasteiger partial charge in [-0.15, -0.1) is 0 Å². The number of carbonyl (C=O) groups is 1. The molecule has 1 saturated heterocycles. The van der Waals surface area contributed by atoms with Gasteiger partial charge in [-0.1, -0.05) is 0 Å². The summed E-state index contributed by atoms with van der Waals surface area (Å²) in [5.41, 5.74) is 1.71. The zero-order chi connectivity index (χ0) is 22.8. The molecule has 32 heavy (non-hydrogen) atoms. The second-order valence-electron chi connectivity index (χ2n) is 8.47. The van der Waals surface area contributed by atoms with E-state index in [1.165, 1.54) is 12.1 Å². The predicted molar refractivity (Wildman–Crippen MR) is 125 cm³/mol. The first-order chi connectivity index (χ1) is 15.3. The standard InChI is InChI=1S/C23H28N6O3/c1-16(2)25-20-5-4-11-24-22(20)26(3)18-9-12-27(13-10-18)23(30)28-14-8-17-15-19(29(31)32)6-7-21(17)28/h4-8,11,14-16,18,25H,9-10,12-13H2,1-3H3. The molecule has 0 radical (unpaired) electrons. The minimum Gasteiger partial charge on any atom is -0.380 e. The lowest BCUT2D eigenvalue weighted by Crippen LogP contribution is -2.47. The minimum absolute atomic E-state index is 0.0207. The second-order valence-corrected chi connectivity index (χ2v) is 8.47. The number of hydrogen-bond donors (Lipinski definition) is 1. The van der Waals surface area contributed by atoms with Gasteiger partial charge in [-0.3, -0.25) is 14.7 Å². The van der Waals surface area contributed by atoms with Crippen LogP contribution >= 0.6 is 0 Å². The molecule has 9 nitrogen and oxygen atoms in total. The van der Waals surface area contributed by atoms with Crippen molar-refractivity contribution in [2.24, 2.45) is 0 Å².